The Morgan fingerprint density at radius 1 is 1.33 bits per heavy atom. The number of rotatable bonds is 4. The molecular weight excluding hydrogens is 346 g/mol. The fourth-order valence-corrected chi connectivity index (χ4v) is 3.26. The normalized spacial score (nSPS) is 15.7. The van der Waals surface area contributed by atoms with Crippen LogP contribution in [0.3, 0.4) is 0 Å². The lowest BCUT2D eigenvalue weighted by atomic mass is 9.96. The topological polar surface area (TPSA) is 81.9 Å². The molecule has 2 aromatic heterocycles. The lowest BCUT2D eigenvalue weighted by Crippen LogP contribution is -2.37. The Morgan fingerprint density at radius 3 is 3.07 bits per heavy atom. The third-order valence-corrected chi connectivity index (χ3v) is 4.66. The monoisotopic (exact) mass is 365 g/mol. The van der Waals surface area contributed by atoms with Gasteiger partial charge in [-0.1, -0.05) is 18.2 Å². The summed E-state index contributed by atoms with van der Waals surface area (Å²) in [6.45, 7) is 0.884. The van der Waals surface area contributed by atoms with Gasteiger partial charge in [-0.05, 0) is 30.2 Å². The first-order valence-electron chi connectivity index (χ1n) is 8.70. The van der Waals surface area contributed by atoms with Crippen LogP contribution in [0.25, 0.3) is 5.65 Å². The largest absolute Gasteiger partial charge is 0.493 e. The molecule has 0 spiro atoms. The van der Waals surface area contributed by atoms with Crippen LogP contribution in [-0.4, -0.2) is 35.6 Å². The van der Waals surface area contributed by atoms with Gasteiger partial charge in [0.15, 0.2) is 11.5 Å². The van der Waals surface area contributed by atoms with Gasteiger partial charge in [0.2, 0.25) is 0 Å². The molecule has 0 aliphatic carbocycles. The minimum atomic E-state index is -0.429. The summed E-state index contributed by atoms with van der Waals surface area (Å²) in [7, 11) is 1.61. The van der Waals surface area contributed by atoms with Crippen LogP contribution in [0.5, 0.6) is 11.5 Å². The first kappa shape index (κ1) is 17.1. The molecule has 1 atom stereocenters. The van der Waals surface area contributed by atoms with Crippen LogP contribution >= 0.6 is 0 Å². The SMILES string of the molecule is COc1cccc2c1OCC(CNC(=O)c1cnc3ccccn3c1=O)C2. The third-order valence-electron chi connectivity index (χ3n) is 4.66. The summed E-state index contributed by atoms with van der Waals surface area (Å²) in [4.78, 5) is 29.1. The van der Waals surface area contributed by atoms with Crippen molar-refractivity contribution in [1.29, 1.82) is 0 Å². The molecule has 138 valence electrons. The van der Waals surface area contributed by atoms with Crippen molar-refractivity contribution in [2.75, 3.05) is 20.3 Å². The second-order valence-electron chi connectivity index (χ2n) is 6.45. The summed E-state index contributed by atoms with van der Waals surface area (Å²) in [5.41, 5.74) is 1.20. The van der Waals surface area contributed by atoms with E-state index in [9.17, 15) is 9.59 Å². The molecule has 1 N–H and O–H groups in total. The molecule has 1 amide bonds. The number of para-hydroxylation sites is 1. The number of hydrogen-bond donors (Lipinski definition) is 1. The number of aromatic nitrogens is 2. The Kier molecular flexibility index (Phi) is 4.50. The molecule has 7 heteroatoms. The maximum atomic E-state index is 12.5. The van der Waals surface area contributed by atoms with Gasteiger partial charge < -0.3 is 14.8 Å². The van der Waals surface area contributed by atoms with Gasteiger partial charge >= 0.3 is 0 Å². The second kappa shape index (κ2) is 7.11. The molecule has 0 saturated heterocycles. The number of carbonyl (C=O) groups excluding carboxylic acids is 1. The van der Waals surface area contributed by atoms with E-state index in [4.69, 9.17) is 9.47 Å². The molecule has 1 unspecified atom stereocenters. The van der Waals surface area contributed by atoms with Crippen molar-refractivity contribution in [3.63, 3.8) is 0 Å². The highest BCUT2D eigenvalue weighted by Crippen LogP contribution is 2.35. The highest BCUT2D eigenvalue weighted by molar-refractivity contribution is 5.93. The molecule has 3 aromatic rings. The summed E-state index contributed by atoms with van der Waals surface area (Å²) in [6.07, 6.45) is 3.69. The molecule has 0 saturated carbocycles. The average Bonchev–Trinajstić information content (AvgIpc) is 2.71. The van der Waals surface area contributed by atoms with Crippen LogP contribution in [0.4, 0.5) is 0 Å². The number of fused-ring (bicyclic) bond motifs is 2. The van der Waals surface area contributed by atoms with Gasteiger partial charge in [-0.2, -0.15) is 0 Å². The van der Waals surface area contributed by atoms with E-state index in [0.717, 1.165) is 17.7 Å². The van der Waals surface area contributed by atoms with E-state index in [1.165, 1.54) is 10.6 Å². The van der Waals surface area contributed by atoms with Gasteiger partial charge in [0, 0.05) is 24.9 Å². The number of nitrogens with zero attached hydrogens (tertiary/aromatic N) is 2. The summed E-state index contributed by atoms with van der Waals surface area (Å²) < 4.78 is 12.5. The Morgan fingerprint density at radius 2 is 2.22 bits per heavy atom. The molecular formula is C20H19N3O4. The van der Waals surface area contributed by atoms with Gasteiger partial charge in [0.25, 0.3) is 11.5 Å². The van der Waals surface area contributed by atoms with Crippen LogP contribution in [0.1, 0.15) is 15.9 Å². The predicted octanol–water partition coefficient (Wildman–Crippen LogP) is 1.68. The van der Waals surface area contributed by atoms with Gasteiger partial charge in [0.05, 0.1) is 13.7 Å². The Balaban J connectivity index is 1.46. The standard InChI is InChI=1S/C20H19N3O4/c1-26-16-6-4-5-14-9-13(12-27-18(14)16)10-22-19(24)15-11-21-17-7-2-3-8-23(17)20(15)25/h2-8,11,13H,9-10,12H2,1H3,(H,22,24). The van der Waals surface area contributed by atoms with E-state index in [0.29, 0.717) is 24.5 Å². The van der Waals surface area contributed by atoms with Gasteiger partial charge in [-0.15, -0.1) is 0 Å². The van der Waals surface area contributed by atoms with E-state index >= 15 is 0 Å². The molecule has 4 rings (SSSR count). The zero-order chi connectivity index (χ0) is 18.8. The summed E-state index contributed by atoms with van der Waals surface area (Å²) >= 11 is 0. The molecule has 1 aromatic carbocycles. The number of benzene rings is 1. The smallest absolute Gasteiger partial charge is 0.270 e. The second-order valence-corrected chi connectivity index (χ2v) is 6.45. The van der Waals surface area contributed by atoms with Crippen molar-refractivity contribution in [3.05, 3.63) is 70.3 Å². The number of amides is 1. The molecule has 1 aliphatic rings. The molecule has 0 radical (unpaired) electrons. The summed E-state index contributed by atoms with van der Waals surface area (Å²) in [5, 5.41) is 2.83. The molecule has 7 nitrogen and oxygen atoms in total. The molecule has 0 bridgehead atoms. The minimum absolute atomic E-state index is 0.0255. The van der Waals surface area contributed by atoms with Crippen molar-refractivity contribution >= 4 is 11.6 Å². The van der Waals surface area contributed by atoms with Crippen LogP contribution in [0, 0.1) is 5.92 Å². The first-order chi connectivity index (χ1) is 13.2. The maximum Gasteiger partial charge on any atom is 0.270 e. The van der Waals surface area contributed by atoms with Crippen molar-refractivity contribution in [2.45, 2.75) is 6.42 Å². The molecule has 27 heavy (non-hydrogen) atoms. The van der Waals surface area contributed by atoms with Crippen molar-refractivity contribution in [3.8, 4) is 11.5 Å². The Bertz CT molecular complexity index is 1060. The molecule has 0 fully saturated rings. The van der Waals surface area contributed by atoms with E-state index in [-0.39, 0.29) is 17.0 Å². The van der Waals surface area contributed by atoms with Crippen LogP contribution in [0.2, 0.25) is 0 Å². The number of nitrogens with one attached hydrogen (secondary N) is 1. The van der Waals surface area contributed by atoms with Gasteiger partial charge in [-0.25, -0.2) is 4.98 Å². The van der Waals surface area contributed by atoms with Crippen molar-refractivity contribution in [1.82, 2.24) is 14.7 Å². The van der Waals surface area contributed by atoms with Crippen molar-refractivity contribution in [2.24, 2.45) is 5.92 Å². The average molecular weight is 365 g/mol. The number of ether oxygens (including phenoxy) is 2. The number of carbonyl (C=O) groups is 1. The first-order valence-corrected chi connectivity index (χ1v) is 8.70. The number of hydrogen-bond acceptors (Lipinski definition) is 5. The van der Waals surface area contributed by atoms with Crippen molar-refractivity contribution < 1.29 is 14.3 Å². The Hall–Kier alpha value is -3.35. The van der Waals surface area contributed by atoms with Gasteiger partial charge in [-0.3, -0.25) is 14.0 Å². The minimum Gasteiger partial charge on any atom is -0.493 e. The van der Waals surface area contributed by atoms with Crippen LogP contribution in [0.15, 0.2) is 53.6 Å². The highest BCUT2D eigenvalue weighted by atomic mass is 16.5. The molecule has 3 heterocycles. The number of methoxy groups -OCH3 is 1. The third kappa shape index (κ3) is 3.23. The quantitative estimate of drug-likeness (QED) is 0.761. The van der Waals surface area contributed by atoms with Gasteiger partial charge in [0.1, 0.15) is 11.2 Å². The van der Waals surface area contributed by atoms with E-state index in [1.807, 2.05) is 18.2 Å². The zero-order valence-corrected chi connectivity index (χ0v) is 14.8. The molecule has 1 aliphatic heterocycles. The highest BCUT2D eigenvalue weighted by Gasteiger charge is 2.23. The fraction of sp³-hybridized carbons (Fsp3) is 0.250. The Labute approximate surface area is 155 Å². The summed E-state index contributed by atoms with van der Waals surface area (Å²) in [6, 6.07) is 11.0. The number of pyridine rings is 1. The zero-order valence-electron chi connectivity index (χ0n) is 14.8. The fourth-order valence-electron chi connectivity index (χ4n) is 3.26. The summed E-state index contributed by atoms with van der Waals surface area (Å²) in [5.74, 6) is 1.16. The lowest BCUT2D eigenvalue weighted by Gasteiger charge is -2.26. The lowest BCUT2D eigenvalue weighted by molar-refractivity contribution is 0.0936. The van der Waals surface area contributed by atoms with Crippen LogP contribution < -0.4 is 20.3 Å². The van der Waals surface area contributed by atoms with E-state index in [2.05, 4.69) is 10.3 Å². The maximum absolute atomic E-state index is 12.5. The van der Waals surface area contributed by atoms with E-state index in [1.54, 1.807) is 31.5 Å². The van der Waals surface area contributed by atoms with E-state index < -0.39 is 5.91 Å². The van der Waals surface area contributed by atoms with Crippen LogP contribution in [-0.2, 0) is 6.42 Å². The predicted molar refractivity (Wildman–Crippen MR) is 99.5 cm³/mol.